The summed E-state index contributed by atoms with van der Waals surface area (Å²) in [5, 5.41) is 2.16. The predicted octanol–water partition coefficient (Wildman–Crippen LogP) is 2.25. The Morgan fingerprint density at radius 1 is 0.960 bits per heavy atom. The van der Waals surface area contributed by atoms with Crippen LogP contribution in [-0.2, 0) is 15.0 Å². The van der Waals surface area contributed by atoms with Crippen LogP contribution in [0.3, 0.4) is 0 Å². The number of urea groups is 1. The lowest BCUT2D eigenvalue weighted by Gasteiger charge is -2.38. The Balaban J connectivity index is 2.10. The quantitative estimate of drug-likeness (QED) is 0.688. The summed E-state index contributed by atoms with van der Waals surface area (Å²) < 4.78 is 0. The van der Waals surface area contributed by atoms with E-state index < -0.39 is 29.2 Å². The molecule has 1 fully saturated rings. The standard InChI is InChI=1S/C19H16N2O4/c1-2-19(14-11-7-4-8-12-14)16(23)20-18(25)21(17(19)24)15(22)13-9-5-3-6-10-13/h3-12H,2H2,1H3,(H,20,23,25)/t19-/m1/s1. The second kappa shape index (κ2) is 6.32. The highest BCUT2D eigenvalue weighted by Gasteiger charge is 2.55. The molecule has 25 heavy (non-hydrogen) atoms. The number of carbonyl (C=O) groups is 4. The molecule has 0 saturated carbocycles. The van der Waals surface area contributed by atoms with E-state index >= 15 is 0 Å². The van der Waals surface area contributed by atoms with E-state index in [1.54, 1.807) is 55.5 Å². The molecule has 1 heterocycles. The number of rotatable bonds is 3. The van der Waals surface area contributed by atoms with Crippen LogP contribution < -0.4 is 5.32 Å². The highest BCUT2D eigenvalue weighted by molar-refractivity contribution is 6.30. The molecule has 1 saturated heterocycles. The van der Waals surface area contributed by atoms with Gasteiger partial charge in [0.25, 0.3) is 11.8 Å². The zero-order chi connectivity index (χ0) is 18.0. The van der Waals surface area contributed by atoms with Crippen molar-refractivity contribution >= 4 is 23.8 Å². The first-order valence-electron chi connectivity index (χ1n) is 7.87. The molecule has 6 nitrogen and oxygen atoms in total. The molecule has 2 aromatic carbocycles. The van der Waals surface area contributed by atoms with Crippen molar-refractivity contribution in [3.63, 3.8) is 0 Å². The van der Waals surface area contributed by atoms with Gasteiger partial charge >= 0.3 is 6.03 Å². The summed E-state index contributed by atoms with van der Waals surface area (Å²) in [7, 11) is 0. The molecule has 2 aromatic rings. The fraction of sp³-hybridized carbons (Fsp3) is 0.158. The molecule has 1 aliphatic heterocycles. The Morgan fingerprint density at radius 2 is 1.52 bits per heavy atom. The van der Waals surface area contributed by atoms with Crippen LogP contribution in [0.4, 0.5) is 4.79 Å². The van der Waals surface area contributed by atoms with E-state index in [0.717, 1.165) is 0 Å². The number of hydrogen-bond donors (Lipinski definition) is 1. The van der Waals surface area contributed by atoms with E-state index in [2.05, 4.69) is 5.32 Å². The van der Waals surface area contributed by atoms with E-state index in [4.69, 9.17) is 0 Å². The van der Waals surface area contributed by atoms with Crippen molar-refractivity contribution in [2.24, 2.45) is 0 Å². The number of carbonyl (C=O) groups excluding carboxylic acids is 4. The van der Waals surface area contributed by atoms with Gasteiger partial charge in [-0.15, -0.1) is 0 Å². The second-order valence-electron chi connectivity index (χ2n) is 5.70. The maximum absolute atomic E-state index is 13.1. The summed E-state index contributed by atoms with van der Waals surface area (Å²) in [6.07, 6.45) is 0.119. The lowest BCUT2D eigenvalue weighted by atomic mass is 9.74. The second-order valence-corrected chi connectivity index (χ2v) is 5.70. The summed E-state index contributed by atoms with van der Waals surface area (Å²) in [4.78, 5) is 51.2. The molecule has 0 radical (unpaired) electrons. The molecular formula is C19H16N2O4. The van der Waals surface area contributed by atoms with E-state index in [1.165, 1.54) is 12.1 Å². The molecule has 0 bridgehead atoms. The molecule has 1 atom stereocenters. The van der Waals surface area contributed by atoms with Crippen molar-refractivity contribution in [1.82, 2.24) is 10.2 Å². The Hall–Kier alpha value is -3.28. The van der Waals surface area contributed by atoms with Gasteiger partial charge in [-0.1, -0.05) is 55.5 Å². The number of benzene rings is 2. The molecule has 0 aliphatic carbocycles. The van der Waals surface area contributed by atoms with Gasteiger partial charge in [0.1, 0.15) is 0 Å². The van der Waals surface area contributed by atoms with Gasteiger partial charge in [0, 0.05) is 5.56 Å². The molecule has 0 spiro atoms. The van der Waals surface area contributed by atoms with Crippen molar-refractivity contribution in [1.29, 1.82) is 0 Å². The maximum atomic E-state index is 13.1. The van der Waals surface area contributed by atoms with Crippen LogP contribution in [0, 0.1) is 0 Å². The third kappa shape index (κ3) is 2.52. The van der Waals surface area contributed by atoms with Crippen molar-refractivity contribution < 1.29 is 19.2 Å². The summed E-state index contributed by atoms with van der Waals surface area (Å²) in [5.74, 6) is -2.30. The average Bonchev–Trinajstić information content (AvgIpc) is 2.64. The van der Waals surface area contributed by atoms with Crippen LogP contribution in [-0.4, -0.2) is 28.7 Å². The largest absolute Gasteiger partial charge is 0.338 e. The van der Waals surface area contributed by atoms with Crippen molar-refractivity contribution in [2.45, 2.75) is 18.8 Å². The number of imide groups is 4. The van der Waals surface area contributed by atoms with Gasteiger partial charge in [-0.3, -0.25) is 19.7 Å². The minimum Gasteiger partial charge on any atom is -0.276 e. The van der Waals surface area contributed by atoms with Crippen LogP contribution in [0.2, 0.25) is 0 Å². The fourth-order valence-electron chi connectivity index (χ4n) is 3.03. The SMILES string of the molecule is CC[C@@]1(c2ccccc2)C(=O)NC(=O)N(C(=O)c2ccccc2)C1=O. The van der Waals surface area contributed by atoms with E-state index in [1.807, 2.05) is 0 Å². The first-order valence-corrected chi connectivity index (χ1v) is 7.87. The van der Waals surface area contributed by atoms with Gasteiger partial charge in [0.2, 0.25) is 5.91 Å². The summed E-state index contributed by atoms with van der Waals surface area (Å²) >= 11 is 0. The molecule has 1 aliphatic rings. The normalized spacial score (nSPS) is 20.4. The van der Waals surface area contributed by atoms with Crippen LogP contribution in [0.5, 0.6) is 0 Å². The van der Waals surface area contributed by atoms with Crippen LogP contribution in [0.25, 0.3) is 0 Å². The molecule has 126 valence electrons. The predicted molar refractivity (Wildman–Crippen MR) is 89.6 cm³/mol. The lowest BCUT2D eigenvalue weighted by Crippen LogP contribution is -2.67. The zero-order valence-electron chi connectivity index (χ0n) is 13.6. The highest BCUT2D eigenvalue weighted by atomic mass is 16.2. The van der Waals surface area contributed by atoms with E-state index in [9.17, 15) is 19.2 Å². The molecule has 0 aromatic heterocycles. The van der Waals surface area contributed by atoms with Gasteiger partial charge in [-0.25, -0.2) is 4.79 Å². The van der Waals surface area contributed by atoms with Gasteiger partial charge in [0.15, 0.2) is 5.41 Å². The molecule has 1 N–H and O–H groups in total. The van der Waals surface area contributed by atoms with Gasteiger partial charge in [-0.05, 0) is 24.1 Å². The molecular weight excluding hydrogens is 320 g/mol. The number of amides is 5. The van der Waals surface area contributed by atoms with Gasteiger partial charge < -0.3 is 0 Å². The van der Waals surface area contributed by atoms with Crippen molar-refractivity contribution in [2.75, 3.05) is 0 Å². The van der Waals surface area contributed by atoms with Crippen LogP contribution >= 0.6 is 0 Å². The zero-order valence-corrected chi connectivity index (χ0v) is 13.6. The molecule has 5 amide bonds. The van der Waals surface area contributed by atoms with Crippen LogP contribution in [0.15, 0.2) is 60.7 Å². The summed E-state index contributed by atoms with van der Waals surface area (Å²) in [6.45, 7) is 1.67. The number of hydrogen-bond acceptors (Lipinski definition) is 4. The Labute approximate surface area is 144 Å². The molecule has 6 heteroatoms. The minimum atomic E-state index is -1.61. The van der Waals surface area contributed by atoms with E-state index in [0.29, 0.717) is 10.5 Å². The molecule has 3 rings (SSSR count). The smallest absolute Gasteiger partial charge is 0.276 e. The number of nitrogens with one attached hydrogen (secondary N) is 1. The third-order valence-electron chi connectivity index (χ3n) is 4.40. The fourth-order valence-corrected chi connectivity index (χ4v) is 3.03. The van der Waals surface area contributed by atoms with Crippen LogP contribution in [0.1, 0.15) is 29.3 Å². The number of nitrogens with zero attached hydrogens (tertiary/aromatic N) is 1. The highest BCUT2D eigenvalue weighted by Crippen LogP contribution is 2.34. The average molecular weight is 336 g/mol. The maximum Gasteiger partial charge on any atom is 0.338 e. The number of barbiturate groups is 1. The van der Waals surface area contributed by atoms with Crippen molar-refractivity contribution in [3.05, 3.63) is 71.8 Å². The Bertz CT molecular complexity index is 848. The van der Waals surface area contributed by atoms with E-state index in [-0.39, 0.29) is 12.0 Å². The summed E-state index contributed by atoms with van der Waals surface area (Å²) in [6, 6.07) is 15.4. The first kappa shape index (κ1) is 16.6. The lowest BCUT2D eigenvalue weighted by molar-refractivity contribution is -0.143. The Morgan fingerprint density at radius 3 is 2.08 bits per heavy atom. The summed E-state index contributed by atoms with van der Waals surface area (Å²) in [5.41, 5.74) is -0.976. The van der Waals surface area contributed by atoms with Crippen molar-refractivity contribution in [3.8, 4) is 0 Å². The van der Waals surface area contributed by atoms with Gasteiger partial charge in [-0.2, -0.15) is 4.90 Å². The monoisotopic (exact) mass is 336 g/mol. The first-order chi connectivity index (χ1) is 12.0. The minimum absolute atomic E-state index is 0.119. The Kier molecular flexibility index (Phi) is 4.19. The van der Waals surface area contributed by atoms with Gasteiger partial charge in [0.05, 0.1) is 0 Å². The third-order valence-corrected chi connectivity index (χ3v) is 4.40. The topological polar surface area (TPSA) is 83.6 Å². The molecule has 0 unspecified atom stereocenters.